The Kier molecular flexibility index (Phi) is 7.52. The molecule has 3 aliphatic rings. The third-order valence-corrected chi connectivity index (χ3v) is 13.4. The van der Waals surface area contributed by atoms with E-state index in [1.54, 1.807) is 0 Å². The average molecular weight is 767 g/mol. The van der Waals surface area contributed by atoms with Gasteiger partial charge in [-0.15, -0.1) is 0 Å². The average Bonchev–Trinajstić information content (AvgIpc) is 3.86. The zero-order valence-electron chi connectivity index (χ0n) is 33.7. The molecule has 1 spiro atoms. The van der Waals surface area contributed by atoms with Gasteiger partial charge >= 0.3 is 0 Å². The summed E-state index contributed by atoms with van der Waals surface area (Å²) in [5.41, 5.74) is 21.9. The van der Waals surface area contributed by atoms with E-state index in [-0.39, 0.29) is 5.41 Å². The van der Waals surface area contributed by atoms with Gasteiger partial charge in [0.25, 0.3) is 0 Å². The Morgan fingerprint density at radius 3 is 1.18 bits per heavy atom. The van der Waals surface area contributed by atoms with Crippen LogP contribution in [0.5, 0.6) is 0 Å². The zero-order valence-corrected chi connectivity index (χ0v) is 33.7. The fourth-order valence-electron chi connectivity index (χ4n) is 11.0. The topological polar surface area (TPSA) is 6.48 Å². The van der Waals surface area contributed by atoms with E-state index < -0.39 is 5.41 Å². The van der Waals surface area contributed by atoms with E-state index in [4.69, 9.17) is 0 Å². The number of fused-ring (bicyclic) bond motifs is 13. The van der Waals surface area contributed by atoms with Crippen LogP contribution in [0, 0.1) is 0 Å². The van der Waals surface area contributed by atoms with E-state index in [9.17, 15) is 0 Å². The van der Waals surface area contributed by atoms with Crippen LogP contribution in [0.4, 0.5) is 34.1 Å². The largest absolute Gasteiger partial charge is 0.310 e. The Labute approximate surface area is 352 Å². The lowest BCUT2D eigenvalue weighted by Crippen LogP contribution is -2.26. The molecule has 0 saturated heterocycles. The van der Waals surface area contributed by atoms with Crippen LogP contribution in [0.3, 0.4) is 0 Å². The van der Waals surface area contributed by atoms with Gasteiger partial charge in [-0.3, -0.25) is 0 Å². The molecule has 0 aliphatic heterocycles. The summed E-state index contributed by atoms with van der Waals surface area (Å²) >= 11 is 0. The number of benzene rings is 9. The summed E-state index contributed by atoms with van der Waals surface area (Å²) in [6.07, 6.45) is 0. The minimum absolute atomic E-state index is 0.188. The molecule has 9 aromatic rings. The quantitative estimate of drug-likeness (QED) is 0.166. The second kappa shape index (κ2) is 13.0. The Balaban J connectivity index is 1.13. The summed E-state index contributed by atoms with van der Waals surface area (Å²) in [6, 6.07) is 80.9. The molecule has 0 radical (unpaired) electrons. The smallest absolute Gasteiger partial charge is 0.0727 e. The van der Waals surface area contributed by atoms with Crippen molar-refractivity contribution in [3.63, 3.8) is 0 Å². The third-order valence-electron chi connectivity index (χ3n) is 13.4. The summed E-state index contributed by atoms with van der Waals surface area (Å²) in [5.74, 6) is 0. The molecule has 60 heavy (non-hydrogen) atoms. The van der Waals surface area contributed by atoms with Gasteiger partial charge in [-0.1, -0.05) is 166 Å². The molecular weight excluding hydrogens is 725 g/mol. The first-order chi connectivity index (χ1) is 29.5. The molecular formula is C58H42N2. The van der Waals surface area contributed by atoms with E-state index in [1.807, 2.05) is 0 Å². The van der Waals surface area contributed by atoms with Crippen LogP contribution >= 0.6 is 0 Å². The van der Waals surface area contributed by atoms with Gasteiger partial charge in [-0.05, 0) is 133 Å². The molecule has 2 heteroatoms. The van der Waals surface area contributed by atoms with Crippen molar-refractivity contribution in [2.45, 2.75) is 24.7 Å². The number of rotatable bonds is 6. The van der Waals surface area contributed by atoms with Gasteiger partial charge in [0.05, 0.1) is 11.1 Å². The van der Waals surface area contributed by atoms with Crippen molar-refractivity contribution in [1.82, 2.24) is 0 Å². The van der Waals surface area contributed by atoms with Gasteiger partial charge in [0, 0.05) is 33.9 Å². The highest BCUT2D eigenvalue weighted by molar-refractivity contribution is 5.98. The number of hydrogen-bond donors (Lipinski definition) is 0. The molecule has 0 bridgehead atoms. The summed E-state index contributed by atoms with van der Waals surface area (Å²) < 4.78 is 0. The molecule has 0 fully saturated rings. The fourth-order valence-corrected chi connectivity index (χ4v) is 11.0. The molecule has 3 aliphatic carbocycles. The Hall–Kier alpha value is -7.42. The van der Waals surface area contributed by atoms with E-state index >= 15 is 0 Å². The molecule has 0 saturated carbocycles. The minimum atomic E-state index is -0.542. The SMILES string of the molecule is CC1(C)c2ccccc2-c2cccc(N(c3ccccc3)c3ccc4c(c3)C3(c5ccccc5-c5ccc(N(c6ccccc6)c6ccccc6)cc53)c3ccccc3-4)c21. The van der Waals surface area contributed by atoms with Gasteiger partial charge < -0.3 is 9.80 Å². The summed E-state index contributed by atoms with van der Waals surface area (Å²) in [7, 11) is 0. The Bertz CT molecular complexity index is 3080. The number of anilines is 6. The van der Waals surface area contributed by atoms with Crippen molar-refractivity contribution >= 4 is 34.1 Å². The highest BCUT2D eigenvalue weighted by Crippen LogP contribution is 2.64. The van der Waals surface area contributed by atoms with Crippen molar-refractivity contribution in [1.29, 1.82) is 0 Å². The monoisotopic (exact) mass is 766 g/mol. The van der Waals surface area contributed by atoms with Crippen LogP contribution in [0.25, 0.3) is 33.4 Å². The van der Waals surface area contributed by atoms with E-state index in [1.165, 1.54) is 72.4 Å². The lowest BCUT2D eigenvalue weighted by molar-refractivity contribution is 0.661. The van der Waals surface area contributed by atoms with Crippen molar-refractivity contribution < 1.29 is 0 Å². The van der Waals surface area contributed by atoms with Gasteiger partial charge in [0.15, 0.2) is 0 Å². The summed E-state index contributed by atoms with van der Waals surface area (Å²) in [6.45, 7) is 4.77. The predicted molar refractivity (Wildman–Crippen MR) is 250 cm³/mol. The maximum atomic E-state index is 2.52. The van der Waals surface area contributed by atoms with Gasteiger partial charge in [-0.25, -0.2) is 0 Å². The summed E-state index contributed by atoms with van der Waals surface area (Å²) in [5, 5.41) is 0. The van der Waals surface area contributed by atoms with Crippen molar-refractivity contribution in [3.05, 3.63) is 252 Å². The van der Waals surface area contributed by atoms with E-state index in [2.05, 4.69) is 242 Å². The fraction of sp³-hybridized carbons (Fsp3) is 0.0690. The minimum Gasteiger partial charge on any atom is -0.310 e. The first-order valence-corrected chi connectivity index (χ1v) is 21.0. The number of para-hydroxylation sites is 3. The van der Waals surface area contributed by atoms with Crippen molar-refractivity contribution in [3.8, 4) is 33.4 Å². The number of hydrogen-bond acceptors (Lipinski definition) is 2. The molecule has 0 amide bonds. The van der Waals surface area contributed by atoms with Crippen LogP contribution < -0.4 is 9.80 Å². The lowest BCUT2D eigenvalue weighted by atomic mass is 9.70. The van der Waals surface area contributed by atoms with E-state index in [0.717, 1.165) is 28.4 Å². The van der Waals surface area contributed by atoms with Crippen LogP contribution in [0.15, 0.2) is 218 Å². The van der Waals surface area contributed by atoms with Crippen LogP contribution in [-0.4, -0.2) is 0 Å². The lowest BCUT2D eigenvalue weighted by Gasteiger charge is -2.34. The second-order valence-corrected chi connectivity index (χ2v) is 16.8. The van der Waals surface area contributed by atoms with Gasteiger partial charge in [-0.2, -0.15) is 0 Å². The molecule has 1 atom stereocenters. The second-order valence-electron chi connectivity index (χ2n) is 16.8. The maximum absolute atomic E-state index is 2.52. The van der Waals surface area contributed by atoms with Crippen LogP contribution in [0.2, 0.25) is 0 Å². The zero-order chi connectivity index (χ0) is 40.0. The molecule has 0 heterocycles. The molecule has 284 valence electrons. The van der Waals surface area contributed by atoms with Crippen molar-refractivity contribution in [2.24, 2.45) is 0 Å². The molecule has 12 rings (SSSR count). The van der Waals surface area contributed by atoms with Crippen molar-refractivity contribution in [2.75, 3.05) is 9.80 Å². The molecule has 2 nitrogen and oxygen atoms in total. The summed E-state index contributed by atoms with van der Waals surface area (Å²) in [4.78, 5) is 4.90. The van der Waals surface area contributed by atoms with Gasteiger partial charge in [0.2, 0.25) is 0 Å². The number of nitrogens with zero attached hydrogens (tertiary/aromatic N) is 2. The molecule has 9 aromatic carbocycles. The Morgan fingerprint density at radius 1 is 0.283 bits per heavy atom. The van der Waals surface area contributed by atoms with Crippen LogP contribution in [0.1, 0.15) is 47.2 Å². The van der Waals surface area contributed by atoms with Gasteiger partial charge in [0.1, 0.15) is 0 Å². The molecule has 1 unspecified atom stereocenters. The predicted octanol–water partition coefficient (Wildman–Crippen LogP) is 15.3. The van der Waals surface area contributed by atoms with E-state index in [0.29, 0.717) is 0 Å². The van der Waals surface area contributed by atoms with Crippen LogP contribution in [-0.2, 0) is 10.8 Å². The highest BCUT2D eigenvalue weighted by atomic mass is 15.2. The normalized spacial score (nSPS) is 15.7. The first-order valence-electron chi connectivity index (χ1n) is 21.0. The Morgan fingerprint density at radius 2 is 0.667 bits per heavy atom. The standard InChI is InChI=1S/C58H42N2/c1-57(2)50-29-15-12-27-46(50)49-28-18-32-55(56(49)57)60(41-23-10-5-11-24-41)43-34-36-48-45-26-14-17-31-52(45)58(54(48)38-43)51-30-16-13-25-44(51)47-35-33-42(37-53(47)58)59(39-19-6-3-7-20-39)40-21-8-4-9-22-40/h3-38H,1-2H3. The maximum Gasteiger partial charge on any atom is 0.0727 e. The highest BCUT2D eigenvalue weighted by Gasteiger charge is 2.52. The molecule has 0 aromatic heterocycles. The molecule has 0 N–H and O–H groups in total. The third kappa shape index (κ3) is 4.76. The first kappa shape index (κ1) is 34.6.